The highest BCUT2D eigenvalue weighted by Crippen LogP contribution is 2.25. The van der Waals surface area contributed by atoms with Gasteiger partial charge in [0.05, 0.1) is 11.1 Å². The third-order valence-electron chi connectivity index (χ3n) is 5.81. The number of aromatic nitrogens is 1. The normalized spacial score (nSPS) is 12.2. The third kappa shape index (κ3) is 7.29. The predicted molar refractivity (Wildman–Crippen MR) is 137 cm³/mol. The van der Waals surface area contributed by atoms with Crippen molar-refractivity contribution in [1.29, 1.82) is 0 Å². The van der Waals surface area contributed by atoms with Crippen LogP contribution in [0.4, 0.5) is 19.8 Å². The summed E-state index contributed by atoms with van der Waals surface area (Å²) in [5.41, 5.74) is -0.102. The van der Waals surface area contributed by atoms with E-state index < -0.39 is 29.4 Å². The molecule has 3 N–H and O–H groups in total. The first-order chi connectivity index (χ1) is 17.1. The van der Waals surface area contributed by atoms with Gasteiger partial charge in [-0.05, 0) is 34.9 Å². The molecule has 0 spiro atoms. The van der Waals surface area contributed by atoms with E-state index in [0.29, 0.717) is 17.8 Å². The molecule has 1 aromatic heterocycles. The molecule has 36 heavy (non-hydrogen) atoms. The molecule has 0 saturated carbocycles. The minimum absolute atomic E-state index is 0.0187. The number of hydrogen-bond donors (Lipinski definition) is 3. The molecule has 1 heterocycles. The average Bonchev–Trinajstić information content (AvgIpc) is 2.86. The molecule has 0 fully saturated rings. The van der Waals surface area contributed by atoms with Crippen LogP contribution < -0.4 is 10.6 Å². The van der Waals surface area contributed by atoms with E-state index in [1.165, 1.54) is 17.0 Å². The Kier molecular flexibility index (Phi) is 9.06. The minimum atomic E-state index is -0.718. The highest BCUT2D eigenvalue weighted by molar-refractivity contribution is 6.31. The van der Waals surface area contributed by atoms with Crippen molar-refractivity contribution >= 4 is 40.3 Å². The van der Waals surface area contributed by atoms with Gasteiger partial charge in [-0.1, -0.05) is 61.8 Å². The van der Waals surface area contributed by atoms with Gasteiger partial charge in [0.15, 0.2) is 0 Å². The molecule has 1 atom stereocenters. The Hall–Kier alpha value is -3.43. The lowest BCUT2D eigenvalue weighted by atomic mass is 9.86. The highest BCUT2D eigenvalue weighted by atomic mass is 35.5. The number of likely N-dealkylation sites (N-methyl/N-ethyl adjacent to an activating group) is 1. The van der Waals surface area contributed by atoms with Crippen LogP contribution in [0.1, 0.15) is 25.8 Å². The second-order valence-corrected chi connectivity index (χ2v) is 9.68. The zero-order valence-electron chi connectivity index (χ0n) is 20.4. The van der Waals surface area contributed by atoms with E-state index in [4.69, 9.17) is 16.3 Å². The van der Waals surface area contributed by atoms with Crippen LogP contribution in [0, 0.1) is 11.2 Å². The molecule has 0 unspecified atom stereocenters. The number of nitrogens with zero attached hydrogens (tertiary/aromatic N) is 2. The molecule has 0 bridgehead atoms. The first-order valence-corrected chi connectivity index (χ1v) is 11.8. The first-order valence-electron chi connectivity index (χ1n) is 11.4. The van der Waals surface area contributed by atoms with E-state index in [9.17, 15) is 19.1 Å². The molecular weight excluding hydrogens is 487 g/mol. The lowest BCUT2D eigenvalue weighted by molar-refractivity contribution is 0.0736. The SMILES string of the molecule is CN(C(=O)NCc1cccc(F)c1Cl)[C@H](COC(=O)Nc1cc2ccccc2cn1)CC(C)(C)CO. The van der Waals surface area contributed by atoms with Gasteiger partial charge in [-0.15, -0.1) is 0 Å². The van der Waals surface area contributed by atoms with Crippen molar-refractivity contribution in [3.63, 3.8) is 0 Å². The monoisotopic (exact) mass is 516 g/mol. The number of pyridine rings is 1. The van der Waals surface area contributed by atoms with Crippen LogP contribution in [0.15, 0.2) is 54.7 Å². The van der Waals surface area contributed by atoms with Gasteiger partial charge in [0.2, 0.25) is 0 Å². The molecule has 0 radical (unpaired) electrons. The molecular formula is C26H30ClFN4O4. The predicted octanol–water partition coefficient (Wildman–Crippen LogP) is 5.19. The number of nitrogens with one attached hydrogen (secondary N) is 2. The number of ether oxygens (including phenoxy) is 1. The fourth-order valence-electron chi connectivity index (χ4n) is 3.62. The summed E-state index contributed by atoms with van der Waals surface area (Å²) in [7, 11) is 1.56. The average molecular weight is 517 g/mol. The van der Waals surface area contributed by atoms with E-state index in [1.807, 2.05) is 38.1 Å². The maximum atomic E-state index is 13.7. The number of aliphatic hydroxyl groups is 1. The molecule has 10 heteroatoms. The lowest BCUT2D eigenvalue weighted by Gasteiger charge is -2.33. The van der Waals surface area contributed by atoms with Gasteiger partial charge in [-0.2, -0.15) is 0 Å². The maximum absolute atomic E-state index is 13.7. The van der Waals surface area contributed by atoms with E-state index in [0.717, 1.165) is 10.8 Å². The smallest absolute Gasteiger partial charge is 0.412 e. The Bertz CT molecular complexity index is 1220. The summed E-state index contributed by atoms with van der Waals surface area (Å²) in [5.74, 6) is -0.233. The van der Waals surface area contributed by atoms with E-state index >= 15 is 0 Å². The number of urea groups is 1. The highest BCUT2D eigenvalue weighted by Gasteiger charge is 2.29. The second-order valence-electron chi connectivity index (χ2n) is 9.30. The number of rotatable bonds is 9. The van der Waals surface area contributed by atoms with Crippen molar-refractivity contribution in [3.05, 3.63) is 71.1 Å². The number of hydrogen-bond acceptors (Lipinski definition) is 5. The number of carbonyl (C=O) groups is 2. The molecule has 0 aliphatic rings. The Morgan fingerprint density at radius 1 is 1.19 bits per heavy atom. The van der Waals surface area contributed by atoms with Crippen molar-refractivity contribution in [2.45, 2.75) is 32.9 Å². The topological polar surface area (TPSA) is 104 Å². The van der Waals surface area contributed by atoms with Crippen molar-refractivity contribution < 1.29 is 23.8 Å². The fraction of sp³-hybridized carbons (Fsp3) is 0.346. The zero-order chi connectivity index (χ0) is 26.3. The van der Waals surface area contributed by atoms with Crippen LogP contribution in [-0.4, -0.2) is 53.4 Å². The van der Waals surface area contributed by atoms with Crippen molar-refractivity contribution in [1.82, 2.24) is 15.2 Å². The maximum Gasteiger partial charge on any atom is 0.412 e. The molecule has 3 amide bonds. The van der Waals surface area contributed by atoms with Crippen LogP contribution in [0.3, 0.4) is 0 Å². The molecule has 0 aliphatic heterocycles. The lowest BCUT2D eigenvalue weighted by Crippen LogP contribution is -2.48. The van der Waals surface area contributed by atoms with Gasteiger partial charge < -0.3 is 20.1 Å². The van der Waals surface area contributed by atoms with Crippen LogP contribution in [0.25, 0.3) is 10.8 Å². The van der Waals surface area contributed by atoms with Gasteiger partial charge >= 0.3 is 12.1 Å². The standard InChI is InChI=1S/C26H30ClFN4O4/c1-26(2,16-33)12-20(32(3)24(34)30-14-19-9-6-10-21(28)23(19)27)15-36-25(35)31-22-11-17-7-4-5-8-18(17)13-29-22/h4-11,13,20,33H,12,14-16H2,1-3H3,(H,30,34)(H,29,31,35)/t20-/m0/s1. The Morgan fingerprint density at radius 2 is 1.92 bits per heavy atom. The van der Waals surface area contributed by atoms with Crippen LogP contribution in [0.2, 0.25) is 5.02 Å². The molecule has 0 saturated heterocycles. The summed E-state index contributed by atoms with van der Waals surface area (Å²) in [6.07, 6.45) is 1.29. The number of fused-ring (bicyclic) bond motifs is 1. The molecule has 8 nitrogen and oxygen atoms in total. The zero-order valence-corrected chi connectivity index (χ0v) is 21.2. The number of amides is 3. The molecule has 2 aromatic carbocycles. The Morgan fingerprint density at radius 3 is 2.64 bits per heavy atom. The number of carbonyl (C=O) groups excluding carboxylic acids is 2. The van der Waals surface area contributed by atoms with Crippen LogP contribution in [0.5, 0.6) is 0 Å². The fourth-order valence-corrected chi connectivity index (χ4v) is 3.81. The summed E-state index contributed by atoms with van der Waals surface area (Å²) < 4.78 is 19.1. The van der Waals surface area contributed by atoms with E-state index in [1.54, 1.807) is 25.4 Å². The first kappa shape index (κ1) is 27.2. The van der Waals surface area contributed by atoms with Crippen molar-refractivity contribution in [2.75, 3.05) is 25.6 Å². The van der Waals surface area contributed by atoms with Crippen molar-refractivity contribution in [2.24, 2.45) is 5.41 Å². The van der Waals surface area contributed by atoms with Gasteiger partial charge in [0.1, 0.15) is 18.2 Å². The van der Waals surface area contributed by atoms with Crippen LogP contribution >= 0.6 is 11.6 Å². The Balaban J connectivity index is 1.63. The van der Waals surface area contributed by atoms with Crippen molar-refractivity contribution in [3.8, 4) is 0 Å². The largest absolute Gasteiger partial charge is 0.447 e. The number of halogens is 2. The summed E-state index contributed by atoms with van der Waals surface area (Å²) in [6.45, 7) is 3.47. The Labute approximate surface area is 214 Å². The number of benzene rings is 2. The molecule has 3 aromatic rings. The van der Waals surface area contributed by atoms with Gasteiger partial charge in [0.25, 0.3) is 0 Å². The molecule has 0 aliphatic carbocycles. The second kappa shape index (κ2) is 12.0. The summed E-state index contributed by atoms with van der Waals surface area (Å²) in [4.78, 5) is 30.9. The quantitative estimate of drug-likeness (QED) is 0.363. The third-order valence-corrected chi connectivity index (χ3v) is 6.24. The minimum Gasteiger partial charge on any atom is -0.447 e. The van der Waals surface area contributed by atoms with E-state index in [-0.39, 0.29) is 24.8 Å². The number of aliphatic hydroxyl groups excluding tert-OH is 1. The van der Waals surface area contributed by atoms with Gasteiger partial charge in [0, 0.05) is 31.8 Å². The summed E-state index contributed by atoms with van der Waals surface area (Å²) in [6, 6.07) is 12.7. The summed E-state index contributed by atoms with van der Waals surface area (Å²) in [5, 5.41) is 16.8. The van der Waals surface area contributed by atoms with Crippen LogP contribution in [-0.2, 0) is 11.3 Å². The summed E-state index contributed by atoms with van der Waals surface area (Å²) >= 11 is 5.97. The van der Waals surface area contributed by atoms with Gasteiger partial charge in [-0.3, -0.25) is 5.32 Å². The number of anilines is 1. The van der Waals surface area contributed by atoms with Gasteiger partial charge in [-0.25, -0.2) is 19.0 Å². The molecule has 3 rings (SSSR count). The molecule has 192 valence electrons. The van der Waals surface area contributed by atoms with E-state index in [2.05, 4.69) is 15.6 Å².